The van der Waals surface area contributed by atoms with E-state index < -0.39 is 11.7 Å². The molecule has 0 atom stereocenters. The molecule has 2 N–H and O–H groups in total. The Labute approximate surface area is 163 Å². The zero-order valence-electron chi connectivity index (χ0n) is 15.8. The Balaban J connectivity index is 1.33. The zero-order valence-corrected chi connectivity index (χ0v) is 15.8. The van der Waals surface area contributed by atoms with Crippen molar-refractivity contribution < 1.29 is 18.8 Å². The number of piperazine rings is 1. The zero-order chi connectivity index (χ0) is 19.9. The predicted molar refractivity (Wildman–Crippen MR) is 101 cm³/mol. The van der Waals surface area contributed by atoms with Gasteiger partial charge in [0.15, 0.2) is 0 Å². The quantitative estimate of drug-likeness (QED) is 0.681. The summed E-state index contributed by atoms with van der Waals surface area (Å²) in [5.41, 5.74) is 4.96. The minimum atomic E-state index is -0.501. The number of amides is 3. The Morgan fingerprint density at radius 2 is 1.39 bits per heavy atom. The van der Waals surface area contributed by atoms with Crippen LogP contribution in [0.2, 0.25) is 0 Å². The van der Waals surface area contributed by atoms with E-state index in [2.05, 4.69) is 15.8 Å². The number of nitrogens with zero attached hydrogens (tertiary/aromatic N) is 3. The van der Waals surface area contributed by atoms with Crippen LogP contribution in [0.4, 0.5) is 4.39 Å². The van der Waals surface area contributed by atoms with Crippen molar-refractivity contribution in [2.24, 2.45) is 0 Å². The second-order valence-corrected chi connectivity index (χ2v) is 7.15. The van der Waals surface area contributed by atoms with E-state index in [0.29, 0.717) is 19.6 Å². The molecule has 2 saturated heterocycles. The number of carbonyl (C=O) groups excluding carboxylic acids is 3. The third-order valence-corrected chi connectivity index (χ3v) is 5.07. The van der Waals surface area contributed by atoms with Gasteiger partial charge in [-0.05, 0) is 37.1 Å². The molecule has 2 aliphatic rings. The van der Waals surface area contributed by atoms with E-state index in [4.69, 9.17) is 0 Å². The molecule has 2 fully saturated rings. The lowest BCUT2D eigenvalue weighted by molar-refractivity contribution is -0.132. The van der Waals surface area contributed by atoms with E-state index in [1.165, 1.54) is 24.3 Å². The van der Waals surface area contributed by atoms with Crippen LogP contribution in [0.3, 0.4) is 0 Å². The summed E-state index contributed by atoms with van der Waals surface area (Å²) in [6, 6.07) is 5.06. The van der Waals surface area contributed by atoms with Crippen molar-refractivity contribution in [3.8, 4) is 0 Å². The molecule has 2 aliphatic heterocycles. The fourth-order valence-electron chi connectivity index (χ4n) is 3.41. The number of rotatable bonds is 5. The molecule has 1 aromatic rings. The summed E-state index contributed by atoms with van der Waals surface area (Å²) in [6.07, 6.45) is 2.18. The second kappa shape index (κ2) is 9.61. The van der Waals surface area contributed by atoms with Crippen molar-refractivity contribution in [3.05, 3.63) is 35.6 Å². The van der Waals surface area contributed by atoms with Crippen molar-refractivity contribution in [3.63, 3.8) is 0 Å². The Bertz CT molecular complexity index is 698. The van der Waals surface area contributed by atoms with E-state index in [9.17, 15) is 18.8 Å². The molecule has 8 nitrogen and oxygen atoms in total. The summed E-state index contributed by atoms with van der Waals surface area (Å²) in [4.78, 5) is 42.2. The van der Waals surface area contributed by atoms with Gasteiger partial charge in [0, 0.05) is 44.8 Å². The largest absolute Gasteiger partial charge is 0.342 e. The molecular weight excluding hydrogens is 365 g/mol. The molecule has 28 heavy (non-hydrogen) atoms. The van der Waals surface area contributed by atoms with Crippen LogP contribution in [-0.2, 0) is 9.59 Å². The molecule has 0 bridgehead atoms. The second-order valence-electron chi connectivity index (χ2n) is 7.15. The maximum absolute atomic E-state index is 12.9. The number of halogens is 1. The molecule has 0 spiro atoms. The first-order valence-electron chi connectivity index (χ1n) is 9.58. The Hall–Kier alpha value is -2.52. The van der Waals surface area contributed by atoms with Gasteiger partial charge in [0.25, 0.3) is 11.8 Å². The highest BCUT2D eigenvalue weighted by molar-refractivity contribution is 5.95. The van der Waals surface area contributed by atoms with Crippen molar-refractivity contribution in [2.75, 3.05) is 52.4 Å². The molecule has 0 aliphatic carbocycles. The molecule has 0 unspecified atom stereocenters. The minimum absolute atomic E-state index is 0.164. The van der Waals surface area contributed by atoms with Crippen LogP contribution < -0.4 is 10.9 Å². The van der Waals surface area contributed by atoms with Crippen LogP contribution in [0.5, 0.6) is 0 Å². The average molecular weight is 391 g/mol. The van der Waals surface area contributed by atoms with Gasteiger partial charge in [-0.1, -0.05) is 0 Å². The smallest absolute Gasteiger partial charge is 0.269 e. The topological polar surface area (TPSA) is 85.0 Å². The molecule has 1 aromatic carbocycles. The van der Waals surface area contributed by atoms with Gasteiger partial charge in [-0.2, -0.15) is 0 Å². The summed E-state index contributed by atoms with van der Waals surface area (Å²) in [7, 11) is 0. The van der Waals surface area contributed by atoms with Gasteiger partial charge in [0.05, 0.1) is 13.1 Å². The highest BCUT2D eigenvalue weighted by Gasteiger charge is 2.24. The standard InChI is InChI=1S/C19H26FN5O3/c20-16-5-3-15(4-6-16)19(28)22-21-17(26)13-23-9-11-24(12-10-23)14-18(27)25-7-1-2-8-25/h3-6H,1-2,7-14H2,(H,21,26)(H,22,28). The lowest BCUT2D eigenvalue weighted by Crippen LogP contribution is -2.53. The summed E-state index contributed by atoms with van der Waals surface area (Å²) in [6.45, 7) is 5.17. The predicted octanol–water partition coefficient (Wildman–Crippen LogP) is -0.173. The van der Waals surface area contributed by atoms with Crippen molar-refractivity contribution in [1.29, 1.82) is 0 Å². The Morgan fingerprint density at radius 3 is 2.00 bits per heavy atom. The van der Waals surface area contributed by atoms with Gasteiger partial charge in [-0.3, -0.25) is 35.0 Å². The number of benzene rings is 1. The lowest BCUT2D eigenvalue weighted by atomic mass is 10.2. The number of nitrogens with one attached hydrogen (secondary N) is 2. The first kappa shape index (κ1) is 20.2. The van der Waals surface area contributed by atoms with Crippen LogP contribution in [0.15, 0.2) is 24.3 Å². The maximum Gasteiger partial charge on any atom is 0.269 e. The monoisotopic (exact) mass is 391 g/mol. The van der Waals surface area contributed by atoms with Gasteiger partial charge >= 0.3 is 0 Å². The Kier molecular flexibility index (Phi) is 6.94. The van der Waals surface area contributed by atoms with E-state index in [1.54, 1.807) is 0 Å². The van der Waals surface area contributed by atoms with Gasteiger partial charge in [0.1, 0.15) is 5.82 Å². The Morgan fingerprint density at radius 1 is 0.821 bits per heavy atom. The van der Waals surface area contributed by atoms with Crippen molar-refractivity contribution in [2.45, 2.75) is 12.8 Å². The molecule has 9 heteroatoms. The molecule has 0 saturated carbocycles. The van der Waals surface area contributed by atoms with Crippen molar-refractivity contribution in [1.82, 2.24) is 25.6 Å². The number of likely N-dealkylation sites (tertiary alicyclic amines) is 1. The highest BCUT2D eigenvalue weighted by Crippen LogP contribution is 2.09. The maximum atomic E-state index is 12.9. The van der Waals surface area contributed by atoms with E-state index in [0.717, 1.165) is 39.0 Å². The molecule has 2 heterocycles. The summed E-state index contributed by atoms with van der Waals surface area (Å²) in [5, 5.41) is 0. The molecule has 3 rings (SSSR count). The third-order valence-electron chi connectivity index (χ3n) is 5.07. The first-order chi connectivity index (χ1) is 13.5. The normalized spacial score (nSPS) is 18.1. The molecule has 0 aromatic heterocycles. The number of carbonyl (C=O) groups is 3. The van der Waals surface area contributed by atoms with E-state index in [1.807, 2.05) is 9.80 Å². The fourth-order valence-corrected chi connectivity index (χ4v) is 3.41. The average Bonchev–Trinajstić information content (AvgIpc) is 3.23. The van der Waals surface area contributed by atoms with E-state index in [-0.39, 0.29) is 23.9 Å². The third kappa shape index (κ3) is 5.74. The van der Waals surface area contributed by atoms with Gasteiger partial charge in [-0.15, -0.1) is 0 Å². The first-order valence-corrected chi connectivity index (χ1v) is 9.58. The molecular formula is C19H26FN5O3. The van der Waals surface area contributed by atoms with Crippen molar-refractivity contribution >= 4 is 17.7 Å². The highest BCUT2D eigenvalue weighted by atomic mass is 19.1. The molecule has 152 valence electrons. The van der Waals surface area contributed by atoms with Crippen LogP contribution in [0.25, 0.3) is 0 Å². The van der Waals surface area contributed by atoms with E-state index >= 15 is 0 Å². The van der Waals surface area contributed by atoms with Crippen LogP contribution in [-0.4, -0.2) is 84.8 Å². The van der Waals surface area contributed by atoms with Crippen LogP contribution >= 0.6 is 0 Å². The number of hydrogen-bond acceptors (Lipinski definition) is 5. The molecule has 0 radical (unpaired) electrons. The van der Waals surface area contributed by atoms with Gasteiger partial charge in [0.2, 0.25) is 5.91 Å². The number of hydrogen-bond donors (Lipinski definition) is 2. The van der Waals surface area contributed by atoms with Crippen LogP contribution in [0.1, 0.15) is 23.2 Å². The number of hydrazine groups is 1. The van der Waals surface area contributed by atoms with Crippen LogP contribution in [0, 0.1) is 5.82 Å². The summed E-state index contributed by atoms with van der Waals surface area (Å²) in [5.74, 6) is -1.07. The fraction of sp³-hybridized carbons (Fsp3) is 0.526. The summed E-state index contributed by atoms with van der Waals surface area (Å²) >= 11 is 0. The van der Waals surface area contributed by atoms with Gasteiger partial charge in [-0.25, -0.2) is 4.39 Å². The lowest BCUT2D eigenvalue weighted by Gasteiger charge is -2.34. The minimum Gasteiger partial charge on any atom is -0.342 e. The SMILES string of the molecule is O=C(CN1CCN(CC(=O)N2CCCC2)CC1)NNC(=O)c1ccc(F)cc1. The summed E-state index contributed by atoms with van der Waals surface area (Å²) < 4.78 is 12.9. The molecule has 3 amide bonds. The van der Waals surface area contributed by atoms with Gasteiger partial charge < -0.3 is 4.90 Å².